The number of nitrogens with zero attached hydrogens (tertiary/aromatic N) is 3. The van der Waals surface area contributed by atoms with E-state index in [1.807, 2.05) is 25.1 Å². The highest BCUT2D eigenvalue weighted by molar-refractivity contribution is 7.22. The number of nitro benzene ring substituents is 1. The zero-order valence-corrected chi connectivity index (χ0v) is 20.7. The molecule has 1 aromatic heterocycles. The summed E-state index contributed by atoms with van der Waals surface area (Å²) in [6.45, 7) is 2.64. The number of aliphatic hydroxyl groups excluding tert-OH is 1. The third kappa shape index (κ3) is 3.84. The minimum atomic E-state index is -1.15. The average Bonchev–Trinajstić information content (AvgIpc) is 3.45. The predicted octanol–water partition coefficient (Wildman–Crippen LogP) is 4.91. The normalized spacial score (nSPS) is 18.2. The van der Waals surface area contributed by atoms with Gasteiger partial charge in [0.1, 0.15) is 19.0 Å². The number of benzene rings is 3. The lowest BCUT2D eigenvalue weighted by atomic mass is 9.95. The largest absolute Gasteiger partial charge is 0.507 e. The minimum absolute atomic E-state index is 0.206. The number of non-ortho nitro benzene ring substituents is 1. The smallest absolute Gasteiger partial charge is 0.301 e. The first-order valence-corrected chi connectivity index (χ1v) is 12.5. The molecule has 0 spiro atoms. The van der Waals surface area contributed by atoms with Crippen molar-refractivity contribution in [1.82, 2.24) is 4.98 Å². The molecule has 2 aliphatic heterocycles. The van der Waals surface area contributed by atoms with Gasteiger partial charge in [0, 0.05) is 17.7 Å². The van der Waals surface area contributed by atoms with Crippen molar-refractivity contribution in [3.63, 3.8) is 0 Å². The van der Waals surface area contributed by atoms with Crippen LogP contribution in [-0.2, 0) is 9.59 Å². The molecule has 0 bridgehead atoms. The Balaban J connectivity index is 1.56. The molecule has 6 rings (SSSR count). The van der Waals surface area contributed by atoms with Gasteiger partial charge >= 0.3 is 5.91 Å². The monoisotopic (exact) mass is 529 g/mol. The van der Waals surface area contributed by atoms with Gasteiger partial charge in [0.15, 0.2) is 16.6 Å². The molecular weight excluding hydrogens is 510 g/mol. The molecule has 4 aromatic rings. The number of thiazole rings is 1. The summed E-state index contributed by atoms with van der Waals surface area (Å²) in [5, 5.41) is 23.2. The van der Waals surface area contributed by atoms with Gasteiger partial charge in [-0.2, -0.15) is 0 Å². The highest BCUT2D eigenvalue weighted by Crippen LogP contribution is 2.45. The molecule has 10 nitrogen and oxygen atoms in total. The fourth-order valence-corrected chi connectivity index (χ4v) is 5.71. The van der Waals surface area contributed by atoms with Crippen LogP contribution in [0.15, 0.2) is 66.2 Å². The van der Waals surface area contributed by atoms with Crippen molar-refractivity contribution in [3.05, 3.63) is 93.0 Å². The van der Waals surface area contributed by atoms with Crippen LogP contribution in [-0.4, -0.2) is 39.9 Å². The molecule has 2 aliphatic rings. The number of hydrogen-bond donors (Lipinski definition) is 1. The molecule has 1 unspecified atom stereocenters. The summed E-state index contributed by atoms with van der Waals surface area (Å²) >= 11 is 1.22. The molecule has 1 saturated heterocycles. The van der Waals surface area contributed by atoms with Crippen LogP contribution >= 0.6 is 11.3 Å². The molecule has 0 saturated carbocycles. The number of hydrogen-bond acceptors (Lipinski definition) is 9. The number of aryl methyl sites for hydroxylation is 1. The van der Waals surface area contributed by atoms with E-state index in [2.05, 4.69) is 4.98 Å². The van der Waals surface area contributed by atoms with Crippen molar-refractivity contribution in [2.45, 2.75) is 13.0 Å². The fourth-order valence-electron chi connectivity index (χ4n) is 4.62. The summed E-state index contributed by atoms with van der Waals surface area (Å²) in [5.74, 6) is -1.37. The predicted molar refractivity (Wildman–Crippen MR) is 140 cm³/mol. The number of aliphatic hydroxyl groups is 1. The Morgan fingerprint density at radius 3 is 2.66 bits per heavy atom. The van der Waals surface area contributed by atoms with Crippen molar-refractivity contribution in [1.29, 1.82) is 0 Å². The number of ether oxygens (including phenoxy) is 2. The number of aromatic nitrogens is 1. The third-order valence-corrected chi connectivity index (χ3v) is 7.41. The molecule has 1 fully saturated rings. The van der Waals surface area contributed by atoms with Crippen LogP contribution in [0.4, 0.5) is 10.8 Å². The van der Waals surface area contributed by atoms with Gasteiger partial charge < -0.3 is 14.6 Å². The first kappa shape index (κ1) is 23.6. The van der Waals surface area contributed by atoms with E-state index in [0.29, 0.717) is 30.2 Å². The van der Waals surface area contributed by atoms with E-state index in [-0.39, 0.29) is 27.5 Å². The number of ketones is 1. The second-order valence-electron chi connectivity index (χ2n) is 8.85. The molecule has 3 heterocycles. The number of rotatable bonds is 4. The van der Waals surface area contributed by atoms with Gasteiger partial charge in [-0.15, -0.1) is 0 Å². The van der Waals surface area contributed by atoms with Crippen molar-refractivity contribution >= 4 is 49.8 Å². The molecular formula is C27H19N3O7S. The van der Waals surface area contributed by atoms with Gasteiger partial charge in [-0.1, -0.05) is 29.5 Å². The van der Waals surface area contributed by atoms with E-state index >= 15 is 0 Å². The Morgan fingerprint density at radius 2 is 1.87 bits per heavy atom. The molecule has 38 heavy (non-hydrogen) atoms. The lowest BCUT2D eigenvalue weighted by Gasteiger charge is -2.23. The summed E-state index contributed by atoms with van der Waals surface area (Å²) in [4.78, 5) is 43.6. The van der Waals surface area contributed by atoms with Crippen LogP contribution in [0.3, 0.4) is 0 Å². The molecule has 0 aliphatic carbocycles. The average molecular weight is 530 g/mol. The second kappa shape index (κ2) is 8.96. The van der Waals surface area contributed by atoms with Crippen LogP contribution in [0.5, 0.6) is 11.5 Å². The number of carbonyl (C=O) groups is 2. The summed E-state index contributed by atoms with van der Waals surface area (Å²) < 4.78 is 12.0. The first-order chi connectivity index (χ1) is 18.3. The van der Waals surface area contributed by atoms with Crippen molar-refractivity contribution in [2.24, 2.45) is 0 Å². The fraction of sp³-hybridized carbons (Fsp3) is 0.148. The SMILES string of the molecule is Cc1ccc2nc(N3C(=O)C(=O)/C(=C(/O)c4ccc5c(c4)OCCO5)C3c3cccc([N+](=O)[O-])c3)sc2c1. The maximum absolute atomic E-state index is 13.5. The molecule has 1 atom stereocenters. The third-order valence-electron chi connectivity index (χ3n) is 6.40. The van der Waals surface area contributed by atoms with E-state index in [0.717, 1.165) is 10.3 Å². The van der Waals surface area contributed by atoms with Crippen LogP contribution in [0.25, 0.3) is 16.0 Å². The standard InChI is InChI=1S/C27H19N3O7S/c1-14-5-7-18-21(11-14)38-27(28-18)29-23(15-3-2-4-17(12-15)30(34)35)22(25(32)26(29)33)24(31)16-6-8-19-20(13-16)37-10-9-36-19/h2-8,11-13,23,31H,9-10H2,1H3/b24-22+. The number of carbonyl (C=O) groups excluding carboxylic acids is 2. The van der Waals surface area contributed by atoms with E-state index < -0.39 is 28.4 Å². The van der Waals surface area contributed by atoms with Gasteiger partial charge in [-0.05, 0) is 48.4 Å². The van der Waals surface area contributed by atoms with Gasteiger partial charge in [-0.25, -0.2) is 4.98 Å². The Kier molecular flexibility index (Phi) is 5.57. The van der Waals surface area contributed by atoms with Crippen molar-refractivity contribution in [3.8, 4) is 11.5 Å². The van der Waals surface area contributed by atoms with E-state index in [9.17, 15) is 24.8 Å². The zero-order chi connectivity index (χ0) is 26.6. The Hall–Kier alpha value is -4.77. The summed E-state index contributed by atoms with van der Waals surface area (Å²) in [5.41, 5.74) is 1.75. The quantitative estimate of drug-likeness (QED) is 0.130. The van der Waals surface area contributed by atoms with Gasteiger partial charge in [0.05, 0.1) is 26.8 Å². The molecule has 190 valence electrons. The first-order valence-electron chi connectivity index (χ1n) is 11.6. The van der Waals surface area contributed by atoms with E-state index in [1.54, 1.807) is 18.2 Å². The lowest BCUT2D eigenvalue weighted by molar-refractivity contribution is -0.384. The topological polar surface area (TPSA) is 132 Å². The van der Waals surface area contributed by atoms with Gasteiger partial charge in [0.2, 0.25) is 0 Å². The number of anilines is 1. The summed E-state index contributed by atoms with van der Waals surface area (Å²) in [6, 6.07) is 14.8. The van der Waals surface area contributed by atoms with Gasteiger partial charge in [0.25, 0.3) is 11.5 Å². The Morgan fingerprint density at radius 1 is 1.08 bits per heavy atom. The zero-order valence-electron chi connectivity index (χ0n) is 19.9. The highest BCUT2D eigenvalue weighted by atomic mass is 32.1. The minimum Gasteiger partial charge on any atom is -0.507 e. The molecule has 0 radical (unpaired) electrons. The number of amides is 1. The van der Waals surface area contributed by atoms with E-state index in [4.69, 9.17) is 9.47 Å². The number of nitro groups is 1. The molecule has 11 heteroatoms. The van der Waals surface area contributed by atoms with E-state index in [1.165, 1.54) is 40.5 Å². The lowest BCUT2D eigenvalue weighted by Crippen LogP contribution is -2.29. The van der Waals surface area contributed by atoms with Gasteiger partial charge in [-0.3, -0.25) is 24.6 Å². The van der Waals surface area contributed by atoms with Crippen molar-refractivity contribution < 1.29 is 29.1 Å². The van der Waals surface area contributed by atoms with Crippen LogP contribution in [0.1, 0.15) is 22.7 Å². The Bertz CT molecular complexity index is 1690. The molecule has 3 aromatic carbocycles. The highest BCUT2D eigenvalue weighted by Gasteiger charge is 2.48. The maximum Gasteiger partial charge on any atom is 0.301 e. The Labute approximate surface area is 219 Å². The number of Topliss-reactive ketones (excluding diaryl/α,β-unsaturated/α-hetero) is 1. The summed E-state index contributed by atoms with van der Waals surface area (Å²) in [6.07, 6.45) is 0. The van der Waals surface area contributed by atoms with Crippen molar-refractivity contribution in [2.75, 3.05) is 18.1 Å². The number of fused-ring (bicyclic) bond motifs is 2. The molecule has 1 amide bonds. The van der Waals surface area contributed by atoms with Crippen LogP contribution in [0.2, 0.25) is 0 Å². The second-order valence-corrected chi connectivity index (χ2v) is 9.86. The summed E-state index contributed by atoms with van der Waals surface area (Å²) in [7, 11) is 0. The molecule has 1 N–H and O–H groups in total. The maximum atomic E-state index is 13.5. The van der Waals surface area contributed by atoms with Crippen LogP contribution < -0.4 is 14.4 Å². The van der Waals surface area contributed by atoms with Crippen LogP contribution in [0, 0.1) is 17.0 Å².